The number of rotatable bonds is 13. The van der Waals surface area contributed by atoms with E-state index in [9.17, 15) is 4.79 Å². The van der Waals surface area contributed by atoms with Crippen molar-refractivity contribution in [2.45, 2.75) is 46.0 Å². The highest BCUT2D eigenvalue weighted by Crippen LogP contribution is 2.31. The molecule has 0 aromatic heterocycles. The number of ether oxygens (including phenoxy) is 2. The predicted molar refractivity (Wildman–Crippen MR) is 86.3 cm³/mol. The Morgan fingerprint density at radius 2 is 1.62 bits per heavy atom. The molecule has 126 valence electrons. The minimum Gasteiger partial charge on any atom is -0.385 e. The minimum atomic E-state index is -0.412. The van der Waals surface area contributed by atoms with Gasteiger partial charge in [0.05, 0.1) is 12.0 Å². The molecule has 0 aromatic carbocycles. The molecule has 0 atom stereocenters. The monoisotopic (exact) mass is 302 g/mol. The molecule has 0 aromatic rings. The Kier molecular flexibility index (Phi) is 11.6. The van der Waals surface area contributed by atoms with E-state index in [2.05, 4.69) is 13.8 Å². The van der Waals surface area contributed by atoms with Crippen molar-refractivity contribution in [1.29, 1.82) is 0 Å². The van der Waals surface area contributed by atoms with Gasteiger partial charge in [-0.05, 0) is 19.3 Å². The van der Waals surface area contributed by atoms with Crippen molar-refractivity contribution in [2.75, 3.05) is 47.1 Å². The number of nitrogens with two attached hydrogens (primary N) is 1. The first-order valence-electron chi connectivity index (χ1n) is 8.09. The van der Waals surface area contributed by atoms with Gasteiger partial charge >= 0.3 is 0 Å². The molecule has 0 heterocycles. The quantitative estimate of drug-likeness (QED) is 0.529. The van der Waals surface area contributed by atoms with Crippen LogP contribution in [0.25, 0.3) is 0 Å². The zero-order valence-electron chi connectivity index (χ0n) is 14.3. The van der Waals surface area contributed by atoms with E-state index >= 15 is 0 Å². The van der Waals surface area contributed by atoms with E-state index in [-0.39, 0.29) is 5.91 Å². The summed E-state index contributed by atoms with van der Waals surface area (Å²) in [6.07, 6.45) is 4.48. The molecule has 0 fully saturated rings. The van der Waals surface area contributed by atoms with E-state index in [0.29, 0.717) is 32.8 Å². The Morgan fingerprint density at radius 1 is 1.05 bits per heavy atom. The molecule has 0 saturated heterocycles. The molecule has 0 unspecified atom stereocenters. The molecule has 0 spiro atoms. The number of amides is 1. The summed E-state index contributed by atoms with van der Waals surface area (Å²) in [7, 11) is 3.34. The molecule has 0 rings (SSSR count). The fourth-order valence-corrected chi connectivity index (χ4v) is 2.84. The lowest BCUT2D eigenvalue weighted by Crippen LogP contribution is -2.49. The Balaban J connectivity index is 4.97. The van der Waals surface area contributed by atoms with Crippen LogP contribution in [0.3, 0.4) is 0 Å². The van der Waals surface area contributed by atoms with Gasteiger partial charge in [-0.1, -0.05) is 26.7 Å². The normalized spacial score (nSPS) is 11.7. The van der Waals surface area contributed by atoms with Crippen LogP contribution in [0.4, 0.5) is 0 Å². The first-order valence-corrected chi connectivity index (χ1v) is 8.09. The molecular weight excluding hydrogens is 268 g/mol. The van der Waals surface area contributed by atoms with Gasteiger partial charge < -0.3 is 20.1 Å². The summed E-state index contributed by atoms with van der Waals surface area (Å²) in [6, 6.07) is 0. The third-order valence-corrected chi connectivity index (χ3v) is 3.93. The number of methoxy groups -OCH3 is 2. The highest BCUT2D eigenvalue weighted by atomic mass is 16.5. The number of hydrogen-bond acceptors (Lipinski definition) is 4. The van der Waals surface area contributed by atoms with Crippen LogP contribution in [0.2, 0.25) is 0 Å². The molecule has 2 N–H and O–H groups in total. The number of carbonyl (C=O) groups excluding carboxylic acids is 1. The van der Waals surface area contributed by atoms with Gasteiger partial charge in [0, 0.05) is 40.5 Å². The fraction of sp³-hybridized carbons (Fsp3) is 0.938. The largest absolute Gasteiger partial charge is 0.385 e. The van der Waals surface area contributed by atoms with Crippen LogP contribution in [0.15, 0.2) is 0 Å². The van der Waals surface area contributed by atoms with Crippen molar-refractivity contribution in [1.82, 2.24) is 4.90 Å². The second-order valence-electron chi connectivity index (χ2n) is 5.62. The summed E-state index contributed by atoms with van der Waals surface area (Å²) >= 11 is 0. The van der Waals surface area contributed by atoms with Gasteiger partial charge in [-0.3, -0.25) is 4.79 Å². The summed E-state index contributed by atoms with van der Waals surface area (Å²) in [5.41, 5.74) is 5.59. The maximum Gasteiger partial charge on any atom is 0.230 e. The molecule has 0 bridgehead atoms. The SMILES string of the molecule is CCCC(CN)(CCC)C(=O)N(CCCOC)CCOC. The third-order valence-electron chi connectivity index (χ3n) is 3.93. The molecule has 1 amide bonds. The summed E-state index contributed by atoms with van der Waals surface area (Å²) in [5, 5.41) is 0. The summed E-state index contributed by atoms with van der Waals surface area (Å²) in [4.78, 5) is 14.9. The number of carbonyl (C=O) groups is 1. The van der Waals surface area contributed by atoms with Crippen molar-refractivity contribution in [3.05, 3.63) is 0 Å². The first kappa shape index (κ1) is 20.3. The van der Waals surface area contributed by atoms with E-state index < -0.39 is 5.41 Å². The fourth-order valence-electron chi connectivity index (χ4n) is 2.84. The van der Waals surface area contributed by atoms with E-state index in [0.717, 1.165) is 32.1 Å². The van der Waals surface area contributed by atoms with Crippen LogP contribution in [0.5, 0.6) is 0 Å². The molecule has 0 radical (unpaired) electrons. The summed E-state index contributed by atoms with van der Waals surface area (Å²) < 4.78 is 10.2. The number of nitrogens with zero attached hydrogens (tertiary/aromatic N) is 1. The maximum absolute atomic E-state index is 13.0. The molecule has 0 aliphatic heterocycles. The van der Waals surface area contributed by atoms with Gasteiger partial charge in [0.15, 0.2) is 0 Å². The zero-order valence-corrected chi connectivity index (χ0v) is 14.3. The van der Waals surface area contributed by atoms with Crippen molar-refractivity contribution in [3.63, 3.8) is 0 Å². The van der Waals surface area contributed by atoms with Crippen molar-refractivity contribution < 1.29 is 14.3 Å². The highest BCUT2D eigenvalue weighted by molar-refractivity contribution is 5.83. The highest BCUT2D eigenvalue weighted by Gasteiger charge is 2.38. The zero-order chi connectivity index (χ0) is 16.1. The van der Waals surface area contributed by atoms with Gasteiger partial charge in [-0.15, -0.1) is 0 Å². The molecular formula is C16H34N2O3. The minimum absolute atomic E-state index is 0.182. The second-order valence-corrected chi connectivity index (χ2v) is 5.62. The van der Waals surface area contributed by atoms with Gasteiger partial charge in [0.1, 0.15) is 0 Å². The van der Waals surface area contributed by atoms with Gasteiger partial charge in [0.25, 0.3) is 0 Å². The van der Waals surface area contributed by atoms with Crippen LogP contribution in [-0.4, -0.2) is 57.9 Å². The molecule has 0 aliphatic carbocycles. The Bertz CT molecular complexity index is 266. The lowest BCUT2D eigenvalue weighted by molar-refractivity contribution is -0.143. The van der Waals surface area contributed by atoms with Crippen LogP contribution in [0, 0.1) is 5.41 Å². The smallest absolute Gasteiger partial charge is 0.230 e. The van der Waals surface area contributed by atoms with Gasteiger partial charge in [0.2, 0.25) is 5.91 Å². The van der Waals surface area contributed by atoms with Gasteiger partial charge in [-0.25, -0.2) is 0 Å². The van der Waals surface area contributed by atoms with Crippen LogP contribution < -0.4 is 5.73 Å². The lowest BCUT2D eigenvalue weighted by atomic mass is 9.78. The maximum atomic E-state index is 13.0. The Hall–Kier alpha value is -0.650. The topological polar surface area (TPSA) is 64.8 Å². The van der Waals surface area contributed by atoms with Gasteiger partial charge in [-0.2, -0.15) is 0 Å². The third kappa shape index (κ3) is 6.76. The lowest BCUT2D eigenvalue weighted by Gasteiger charge is -2.36. The van der Waals surface area contributed by atoms with E-state index in [1.807, 2.05) is 4.90 Å². The van der Waals surface area contributed by atoms with E-state index in [1.54, 1.807) is 14.2 Å². The molecule has 21 heavy (non-hydrogen) atoms. The Morgan fingerprint density at radius 3 is 2.05 bits per heavy atom. The van der Waals surface area contributed by atoms with Crippen molar-refractivity contribution in [3.8, 4) is 0 Å². The summed E-state index contributed by atoms with van der Waals surface area (Å²) in [5.74, 6) is 0.182. The van der Waals surface area contributed by atoms with E-state index in [1.165, 1.54) is 0 Å². The number of hydrogen-bond donors (Lipinski definition) is 1. The average molecular weight is 302 g/mol. The molecule has 5 heteroatoms. The molecule has 0 aliphatic rings. The van der Waals surface area contributed by atoms with Crippen LogP contribution >= 0.6 is 0 Å². The standard InChI is InChI=1S/C16H34N2O3/c1-5-8-16(14-17,9-6-2)15(19)18(11-13-21-4)10-7-12-20-3/h5-14,17H2,1-4H3. The first-order chi connectivity index (χ1) is 10.1. The molecule has 0 saturated carbocycles. The average Bonchev–Trinajstić information content (AvgIpc) is 2.49. The predicted octanol–water partition coefficient (Wildman–Crippen LogP) is 2.04. The summed E-state index contributed by atoms with van der Waals surface area (Å²) in [6.45, 7) is 7.17. The van der Waals surface area contributed by atoms with Crippen LogP contribution in [-0.2, 0) is 14.3 Å². The Labute approximate surface area is 130 Å². The van der Waals surface area contributed by atoms with E-state index in [4.69, 9.17) is 15.2 Å². The second kappa shape index (κ2) is 12.0. The van der Waals surface area contributed by atoms with Crippen LogP contribution in [0.1, 0.15) is 46.0 Å². The van der Waals surface area contributed by atoms with Crippen molar-refractivity contribution in [2.24, 2.45) is 11.1 Å². The molecule has 5 nitrogen and oxygen atoms in total. The van der Waals surface area contributed by atoms with Crippen molar-refractivity contribution >= 4 is 5.91 Å².